The van der Waals surface area contributed by atoms with Crippen LogP contribution in [0.2, 0.25) is 0 Å². The van der Waals surface area contributed by atoms with Gasteiger partial charge in [0.25, 0.3) is 0 Å². The SMILES string of the molecule is Cn1cnc(-c2ccc(F)cc2)c1-c1ccc2ncc(CC(N)=O)n2n1. The number of nitrogens with zero attached hydrogens (tertiary/aromatic N) is 5. The van der Waals surface area contributed by atoms with Gasteiger partial charge in [0.2, 0.25) is 5.91 Å². The average molecular weight is 350 g/mol. The molecule has 0 bridgehead atoms. The number of carbonyl (C=O) groups excluding carboxylic acids is 1. The van der Waals surface area contributed by atoms with Crippen molar-refractivity contribution in [1.29, 1.82) is 0 Å². The normalized spacial score (nSPS) is 11.2. The Bertz CT molecular complexity index is 1110. The molecular formula is C18H15FN6O. The molecule has 0 spiro atoms. The van der Waals surface area contributed by atoms with Crippen LogP contribution >= 0.6 is 0 Å². The number of hydrogen-bond acceptors (Lipinski definition) is 4. The lowest BCUT2D eigenvalue weighted by atomic mass is 10.1. The molecule has 26 heavy (non-hydrogen) atoms. The molecule has 8 heteroatoms. The Morgan fingerprint density at radius 3 is 2.65 bits per heavy atom. The maximum Gasteiger partial charge on any atom is 0.223 e. The fraction of sp³-hybridized carbons (Fsp3) is 0.111. The zero-order valence-electron chi connectivity index (χ0n) is 13.9. The van der Waals surface area contributed by atoms with Crippen LogP contribution in [0.1, 0.15) is 5.69 Å². The molecule has 0 aliphatic heterocycles. The molecule has 0 unspecified atom stereocenters. The van der Waals surface area contributed by atoms with Crippen LogP contribution in [-0.4, -0.2) is 30.1 Å². The summed E-state index contributed by atoms with van der Waals surface area (Å²) in [5, 5.41) is 4.61. The summed E-state index contributed by atoms with van der Waals surface area (Å²) in [6.07, 6.45) is 3.31. The van der Waals surface area contributed by atoms with Gasteiger partial charge in [-0.05, 0) is 36.4 Å². The fourth-order valence-electron chi connectivity index (χ4n) is 2.90. The molecule has 4 aromatic rings. The van der Waals surface area contributed by atoms with Gasteiger partial charge in [-0.25, -0.2) is 18.9 Å². The number of benzene rings is 1. The highest BCUT2D eigenvalue weighted by Gasteiger charge is 2.16. The largest absolute Gasteiger partial charge is 0.369 e. The molecule has 1 amide bonds. The van der Waals surface area contributed by atoms with Crippen LogP contribution in [0.3, 0.4) is 0 Å². The summed E-state index contributed by atoms with van der Waals surface area (Å²) < 4.78 is 16.7. The highest BCUT2D eigenvalue weighted by molar-refractivity contribution is 5.78. The molecule has 0 saturated carbocycles. The van der Waals surface area contributed by atoms with E-state index in [0.29, 0.717) is 22.7 Å². The third-order valence-electron chi connectivity index (χ3n) is 4.09. The molecule has 0 aliphatic carbocycles. The zero-order valence-corrected chi connectivity index (χ0v) is 13.9. The summed E-state index contributed by atoms with van der Waals surface area (Å²) in [6.45, 7) is 0. The van der Waals surface area contributed by atoms with Crippen LogP contribution in [0.25, 0.3) is 28.3 Å². The van der Waals surface area contributed by atoms with Gasteiger partial charge in [-0.1, -0.05) is 0 Å². The van der Waals surface area contributed by atoms with Crippen molar-refractivity contribution in [2.24, 2.45) is 12.8 Å². The van der Waals surface area contributed by atoms with E-state index in [0.717, 1.165) is 11.3 Å². The standard InChI is InChI=1S/C18H15FN6O/c1-24-10-22-17(11-2-4-12(19)5-3-11)18(24)14-6-7-16-21-9-13(8-15(20)26)25(16)23-14/h2-7,9-10H,8H2,1H3,(H2,20,26). The van der Waals surface area contributed by atoms with Crippen molar-refractivity contribution in [3.8, 4) is 22.6 Å². The number of halogens is 1. The first-order valence-electron chi connectivity index (χ1n) is 7.92. The van der Waals surface area contributed by atoms with E-state index in [9.17, 15) is 9.18 Å². The Labute approximate surface area is 147 Å². The first-order chi connectivity index (χ1) is 12.5. The maximum atomic E-state index is 13.2. The Hall–Kier alpha value is -3.55. The van der Waals surface area contributed by atoms with E-state index >= 15 is 0 Å². The van der Waals surface area contributed by atoms with Gasteiger partial charge >= 0.3 is 0 Å². The molecule has 1 aromatic carbocycles. The first-order valence-corrected chi connectivity index (χ1v) is 7.92. The molecule has 2 N–H and O–H groups in total. The molecule has 0 fully saturated rings. The van der Waals surface area contributed by atoms with Gasteiger partial charge in [-0.2, -0.15) is 5.10 Å². The lowest BCUT2D eigenvalue weighted by Gasteiger charge is -2.07. The van der Waals surface area contributed by atoms with Crippen LogP contribution in [0, 0.1) is 5.82 Å². The molecule has 4 rings (SSSR count). The number of aryl methyl sites for hydroxylation is 1. The highest BCUT2D eigenvalue weighted by atomic mass is 19.1. The van der Waals surface area contributed by atoms with Crippen molar-refractivity contribution in [3.05, 3.63) is 60.4 Å². The van der Waals surface area contributed by atoms with Crippen molar-refractivity contribution < 1.29 is 9.18 Å². The summed E-state index contributed by atoms with van der Waals surface area (Å²) in [7, 11) is 1.86. The number of carbonyl (C=O) groups is 1. The van der Waals surface area contributed by atoms with Gasteiger partial charge in [0, 0.05) is 12.6 Å². The summed E-state index contributed by atoms with van der Waals surface area (Å²) in [5.74, 6) is -0.758. The second kappa shape index (κ2) is 6.07. The van der Waals surface area contributed by atoms with Gasteiger partial charge in [-0.15, -0.1) is 0 Å². The van der Waals surface area contributed by atoms with Crippen molar-refractivity contribution in [2.45, 2.75) is 6.42 Å². The van der Waals surface area contributed by atoms with Gasteiger partial charge in [0.05, 0.1) is 36.0 Å². The van der Waals surface area contributed by atoms with Crippen LogP contribution in [0.5, 0.6) is 0 Å². The van der Waals surface area contributed by atoms with Crippen LogP contribution in [0.4, 0.5) is 4.39 Å². The minimum atomic E-state index is -0.452. The van der Waals surface area contributed by atoms with E-state index in [-0.39, 0.29) is 12.2 Å². The number of primary amides is 1. The van der Waals surface area contributed by atoms with Crippen LogP contribution in [-0.2, 0) is 18.3 Å². The number of fused-ring (bicyclic) bond motifs is 1. The van der Waals surface area contributed by atoms with E-state index < -0.39 is 5.91 Å². The fourth-order valence-corrected chi connectivity index (χ4v) is 2.90. The van der Waals surface area contributed by atoms with E-state index in [4.69, 9.17) is 5.73 Å². The molecular weight excluding hydrogens is 335 g/mol. The lowest BCUT2D eigenvalue weighted by Crippen LogP contribution is -2.15. The minimum Gasteiger partial charge on any atom is -0.369 e. The van der Waals surface area contributed by atoms with Crippen molar-refractivity contribution in [2.75, 3.05) is 0 Å². The van der Waals surface area contributed by atoms with E-state index in [1.54, 1.807) is 29.2 Å². The molecule has 0 saturated heterocycles. The Balaban J connectivity index is 1.86. The Morgan fingerprint density at radius 1 is 1.15 bits per heavy atom. The van der Waals surface area contributed by atoms with E-state index in [1.807, 2.05) is 23.7 Å². The van der Waals surface area contributed by atoms with Gasteiger partial charge in [0.15, 0.2) is 5.65 Å². The average Bonchev–Trinajstić information content (AvgIpc) is 3.18. The van der Waals surface area contributed by atoms with Crippen molar-refractivity contribution >= 4 is 11.6 Å². The number of nitrogens with two attached hydrogens (primary N) is 1. The van der Waals surface area contributed by atoms with Gasteiger partial charge in [0.1, 0.15) is 11.5 Å². The number of aromatic nitrogens is 5. The second-order valence-electron chi connectivity index (χ2n) is 5.94. The molecule has 130 valence electrons. The van der Waals surface area contributed by atoms with E-state index in [1.165, 1.54) is 12.1 Å². The number of hydrogen-bond donors (Lipinski definition) is 1. The quantitative estimate of drug-likeness (QED) is 0.609. The van der Waals surface area contributed by atoms with Crippen LogP contribution < -0.4 is 5.73 Å². The Kier molecular flexibility index (Phi) is 3.72. The van der Waals surface area contributed by atoms with Crippen molar-refractivity contribution in [3.63, 3.8) is 0 Å². The maximum absolute atomic E-state index is 13.2. The van der Waals surface area contributed by atoms with Gasteiger partial charge < -0.3 is 10.3 Å². The zero-order chi connectivity index (χ0) is 18.3. The predicted octanol–water partition coefficient (Wildman–Crippen LogP) is 1.96. The molecule has 0 atom stereocenters. The highest BCUT2D eigenvalue weighted by Crippen LogP contribution is 2.29. The van der Waals surface area contributed by atoms with Crippen LogP contribution in [0.15, 0.2) is 48.9 Å². The summed E-state index contributed by atoms with van der Waals surface area (Å²) in [5.41, 5.74) is 9.43. The van der Waals surface area contributed by atoms with E-state index in [2.05, 4.69) is 15.1 Å². The molecule has 3 aromatic heterocycles. The summed E-state index contributed by atoms with van der Waals surface area (Å²) >= 11 is 0. The third-order valence-corrected chi connectivity index (χ3v) is 4.09. The number of imidazole rings is 2. The van der Waals surface area contributed by atoms with Crippen molar-refractivity contribution in [1.82, 2.24) is 24.1 Å². The summed E-state index contributed by atoms with van der Waals surface area (Å²) in [4.78, 5) is 19.9. The monoisotopic (exact) mass is 350 g/mol. The topological polar surface area (TPSA) is 91.1 Å². The smallest absolute Gasteiger partial charge is 0.223 e. The minimum absolute atomic E-state index is 0.0494. The second-order valence-corrected chi connectivity index (χ2v) is 5.94. The summed E-state index contributed by atoms with van der Waals surface area (Å²) in [6, 6.07) is 9.79. The molecule has 0 radical (unpaired) electrons. The molecule has 0 aliphatic rings. The third kappa shape index (κ3) is 2.71. The predicted molar refractivity (Wildman–Crippen MR) is 93.5 cm³/mol. The number of amides is 1. The molecule has 3 heterocycles. The van der Waals surface area contributed by atoms with Gasteiger partial charge in [-0.3, -0.25) is 4.79 Å². The first kappa shape index (κ1) is 15.9. The number of rotatable bonds is 4. The lowest BCUT2D eigenvalue weighted by molar-refractivity contribution is -0.117. The molecule has 7 nitrogen and oxygen atoms in total. The Morgan fingerprint density at radius 2 is 1.92 bits per heavy atom.